The number of aryl methyl sites for hydroxylation is 1. The Morgan fingerprint density at radius 2 is 1.90 bits per heavy atom. The van der Waals surface area contributed by atoms with Gasteiger partial charge in [0, 0.05) is 23.6 Å². The maximum Gasteiger partial charge on any atom is 0.418 e. The van der Waals surface area contributed by atoms with Crippen molar-refractivity contribution in [1.82, 2.24) is 9.97 Å². The summed E-state index contributed by atoms with van der Waals surface area (Å²) < 4.78 is 81.0. The fourth-order valence-corrected chi connectivity index (χ4v) is 3.71. The van der Waals surface area contributed by atoms with E-state index < -0.39 is 41.5 Å². The van der Waals surface area contributed by atoms with Gasteiger partial charge in [-0.1, -0.05) is 17.7 Å². The molecule has 0 amide bonds. The van der Waals surface area contributed by atoms with Crippen LogP contribution in [0.1, 0.15) is 34.9 Å². The molecule has 29 heavy (non-hydrogen) atoms. The van der Waals surface area contributed by atoms with Crippen molar-refractivity contribution >= 4 is 23.1 Å². The Balaban J connectivity index is 2.21. The zero-order chi connectivity index (χ0) is 21.6. The summed E-state index contributed by atoms with van der Waals surface area (Å²) >= 11 is 6.16. The van der Waals surface area contributed by atoms with Crippen molar-refractivity contribution in [3.05, 3.63) is 45.9 Å². The average Bonchev–Trinajstić information content (AvgIpc) is 2.65. The molecular formula is C18H16ClF6N3O. The second kappa shape index (κ2) is 7.64. The molecule has 1 aliphatic heterocycles. The zero-order valence-corrected chi connectivity index (χ0v) is 15.8. The molecule has 1 atom stereocenters. The van der Waals surface area contributed by atoms with Crippen molar-refractivity contribution in [2.24, 2.45) is 0 Å². The second-order valence-electron chi connectivity index (χ2n) is 6.69. The van der Waals surface area contributed by atoms with Crippen LogP contribution >= 0.6 is 11.6 Å². The lowest BCUT2D eigenvalue weighted by Crippen LogP contribution is -2.32. The first kappa shape index (κ1) is 21.6. The van der Waals surface area contributed by atoms with E-state index >= 15 is 0 Å². The lowest BCUT2D eigenvalue weighted by Gasteiger charge is -2.36. The van der Waals surface area contributed by atoms with Gasteiger partial charge in [0.25, 0.3) is 0 Å². The summed E-state index contributed by atoms with van der Waals surface area (Å²) in [5.41, 5.74) is -2.54. The molecular weight excluding hydrogens is 424 g/mol. The lowest BCUT2D eigenvalue weighted by atomic mass is 9.92. The van der Waals surface area contributed by atoms with E-state index in [1.165, 1.54) is 11.8 Å². The molecule has 0 saturated carbocycles. The summed E-state index contributed by atoms with van der Waals surface area (Å²) in [5, 5.41) is 9.60. The predicted octanol–water partition coefficient (Wildman–Crippen LogP) is 5.14. The lowest BCUT2D eigenvalue weighted by molar-refractivity contribution is -0.137. The monoisotopic (exact) mass is 439 g/mol. The number of alkyl halides is 6. The minimum Gasteiger partial charge on any atom is -0.396 e. The van der Waals surface area contributed by atoms with Gasteiger partial charge in [-0.25, -0.2) is 14.4 Å². The highest BCUT2D eigenvalue weighted by atomic mass is 35.5. The standard InChI is InChI=1S/C18H16ClF6N3O/c1-9-26-15(19)14-10(7-29)4-5-28(16(14)27-9)13-3-2-11(17(21,22)8-20)6-12(13)18(23,24)25/h2-3,6,10,29H,4-5,7-8H2,1H3. The number of hydrogen-bond acceptors (Lipinski definition) is 4. The van der Waals surface area contributed by atoms with E-state index in [-0.39, 0.29) is 48.0 Å². The molecule has 158 valence electrons. The minimum atomic E-state index is -4.97. The molecule has 2 heterocycles. The molecule has 2 aromatic rings. The molecule has 1 aliphatic rings. The first-order valence-electron chi connectivity index (χ1n) is 8.57. The van der Waals surface area contributed by atoms with Gasteiger partial charge >= 0.3 is 12.1 Å². The highest BCUT2D eigenvalue weighted by Gasteiger charge is 2.41. The Hall–Kier alpha value is -2.07. The van der Waals surface area contributed by atoms with Crippen molar-refractivity contribution in [3.8, 4) is 0 Å². The summed E-state index contributed by atoms with van der Waals surface area (Å²) in [7, 11) is 0. The van der Waals surface area contributed by atoms with Crippen LogP contribution in [0.15, 0.2) is 18.2 Å². The van der Waals surface area contributed by atoms with Crippen LogP contribution in [0.25, 0.3) is 0 Å². The number of halogens is 7. The Bertz CT molecular complexity index is 921. The third-order valence-electron chi connectivity index (χ3n) is 4.76. The molecule has 0 aliphatic carbocycles. The van der Waals surface area contributed by atoms with Crippen molar-refractivity contribution in [2.75, 3.05) is 24.7 Å². The average molecular weight is 440 g/mol. The van der Waals surface area contributed by atoms with Gasteiger partial charge < -0.3 is 10.0 Å². The summed E-state index contributed by atoms with van der Waals surface area (Å²) in [6.07, 6.45) is -4.73. The highest BCUT2D eigenvalue weighted by Crippen LogP contribution is 2.46. The molecule has 0 radical (unpaired) electrons. The second-order valence-corrected chi connectivity index (χ2v) is 7.04. The van der Waals surface area contributed by atoms with Crippen molar-refractivity contribution < 1.29 is 31.4 Å². The third kappa shape index (κ3) is 4.00. The Morgan fingerprint density at radius 1 is 1.21 bits per heavy atom. The topological polar surface area (TPSA) is 49.2 Å². The summed E-state index contributed by atoms with van der Waals surface area (Å²) in [6.45, 7) is -0.882. The minimum absolute atomic E-state index is 0.00499. The van der Waals surface area contributed by atoms with Gasteiger partial charge in [-0.15, -0.1) is 0 Å². The van der Waals surface area contributed by atoms with Crippen LogP contribution in [-0.4, -0.2) is 34.9 Å². The van der Waals surface area contributed by atoms with Gasteiger partial charge in [0.05, 0.1) is 17.9 Å². The quantitative estimate of drug-likeness (QED) is 0.529. The molecule has 1 N–H and O–H groups in total. The fourth-order valence-electron chi connectivity index (χ4n) is 3.35. The van der Waals surface area contributed by atoms with E-state index in [9.17, 15) is 31.4 Å². The molecule has 11 heteroatoms. The van der Waals surface area contributed by atoms with Crippen LogP contribution in [0.2, 0.25) is 5.15 Å². The third-order valence-corrected chi connectivity index (χ3v) is 5.05. The van der Waals surface area contributed by atoms with Gasteiger partial charge in [-0.2, -0.15) is 22.0 Å². The number of hydrogen-bond donors (Lipinski definition) is 1. The maximum atomic E-state index is 13.7. The predicted molar refractivity (Wildman–Crippen MR) is 94.5 cm³/mol. The molecule has 3 rings (SSSR count). The summed E-state index contributed by atoms with van der Waals surface area (Å²) in [4.78, 5) is 9.39. The van der Waals surface area contributed by atoms with Gasteiger partial charge in [0.1, 0.15) is 16.8 Å². The molecule has 0 spiro atoms. The number of aromatic nitrogens is 2. The molecule has 4 nitrogen and oxygen atoms in total. The molecule has 1 aromatic carbocycles. The molecule has 1 aromatic heterocycles. The van der Waals surface area contributed by atoms with E-state index in [1.807, 2.05) is 0 Å². The van der Waals surface area contributed by atoms with Crippen LogP contribution in [-0.2, 0) is 12.1 Å². The summed E-state index contributed by atoms with van der Waals surface area (Å²) in [5.74, 6) is -4.24. The first-order valence-corrected chi connectivity index (χ1v) is 8.95. The number of fused-ring (bicyclic) bond motifs is 1. The van der Waals surface area contributed by atoms with Gasteiger partial charge in [-0.3, -0.25) is 0 Å². The van der Waals surface area contributed by atoms with E-state index in [0.717, 1.165) is 12.1 Å². The Labute approximate surface area is 167 Å². The largest absolute Gasteiger partial charge is 0.418 e. The smallest absolute Gasteiger partial charge is 0.396 e. The van der Waals surface area contributed by atoms with Crippen molar-refractivity contribution in [3.63, 3.8) is 0 Å². The zero-order valence-electron chi connectivity index (χ0n) is 15.1. The van der Waals surface area contributed by atoms with E-state index in [0.29, 0.717) is 0 Å². The van der Waals surface area contributed by atoms with Crippen molar-refractivity contribution in [2.45, 2.75) is 31.4 Å². The number of benzene rings is 1. The van der Waals surface area contributed by atoms with Crippen LogP contribution < -0.4 is 4.90 Å². The first-order chi connectivity index (χ1) is 13.5. The van der Waals surface area contributed by atoms with Gasteiger partial charge in [0.2, 0.25) is 0 Å². The van der Waals surface area contributed by atoms with Crippen LogP contribution in [0.5, 0.6) is 0 Å². The Kier molecular flexibility index (Phi) is 5.70. The summed E-state index contributed by atoms with van der Waals surface area (Å²) in [6, 6.07) is 1.89. The Morgan fingerprint density at radius 3 is 2.48 bits per heavy atom. The molecule has 1 unspecified atom stereocenters. The van der Waals surface area contributed by atoms with E-state index in [2.05, 4.69) is 9.97 Å². The number of anilines is 2. The van der Waals surface area contributed by atoms with E-state index in [4.69, 9.17) is 11.6 Å². The van der Waals surface area contributed by atoms with Crippen LogP contribution in [0.3, 0.4) is 0 Å². The van der Waals surface area contributed by atoms with Gasteiger partial charge in [-0.05, 0) is 25.5 Å². The van der Waals surface area contributed by atoms with Gasteiger partial charge in [0.15, 0.2) is 6.67 Å². The highest BCUT2D eigenvalue weighted by molar-refractivity contribution is 6.30. The van der Waals surface area contributed by atoms with Crippen LogP contribution in [0.4, 0.5) is 37.8 Å². The van der Waals surface area contributed by atoms with E-state index in [1.54, 1.807) is 0 Å². The number of nitrogens with zero attached hydrogens (tertiary/aromatic N) is 3. The SMILES string of the molecule is Cc1nc(Cl)c2c(n1)N(c1ccc(C(F)(F)CF)cc1C(F)(F)F)CCC2CO. The maximum absolute atomic E-state index is 13.7. The van der Waals surface area contributed by atoms with Crippen molar-refractivity contribution in [1.29, 1.82) is 0 Å². The normalized spacial score (nSPS) is 17.4. The molecule has 0 bridgehead atoms. The number of aliphatic hydroxyl groups is 1. The molecule has 0 saturated heterocycles. The molecule has 0 fully saturated rings. The van der Waals surface area contributed by atoms with Crippen LogP contribution in [0, 0.1) is 6.92 Å². The number of rotatable bonds is 4. The fraction of sp³-hybridized carbons (Fsp3) is 0.444. The number of aliphatic hydroxyl groups excluding tert-OH is 1.